The van der Waals surface area contributed by atoms with Crippen LogP contribution in [0, 0.1) is 0 Å². The highest BCUT2D eigenvalue weighted by Gasteiger charge is 2.14. The zero-order valence-corrected chi connectivity index (χ0v) is 12.0. The van der Waals surface area contributed by atoms with E-state index in [0.717, 1.165) is 9.21 Å². The molecule has 0 aliphatic carbocycles. The molecule has 6 heteroatoms. The summed E-state index contributed by atoms with van der Waals surface area (Å²) in [5, 5.41) is 4.13. The number of likely N-dealkylation sites (N-methyl/N-ethyl adjacent to an activating group) is 1. The molecule has 1 amide bonds. The highest BCUT2D eigenvalue weighted by molar-refractivity contribution is 9.11. The molecule has 15 heavy (non-hydrogen) atoms. The monoisotopic (exact) mass is 337 g/mol. The number of amides is 1. The van der Waals surface area contributed by atoms with E-state index in [4.69, 9.17) is 0 Å². The Hall–Kier alpha value is -0.360. The molecule has 0 unspecified atom stereocenters. The van der Waals surface area contributed by atoms with E-state index < -0.39 is 0 Å². The van der Waals surface area contributed by atoms with Gasteiger partial charge in [0.1, 0.15) is 15.8 Å². The van der Waals surface area contributed by atoms with Crippen molar-refractivity contribution in [2.75, 3.05) is 7.05 Å². The number of rotatable bonds is 3. The number of nitrogens with zero attached hydrogens (tertiary/aromatic N) is 3. The topological polar surface area (TPSA) is 38.1 Å². The van der Waals surface area contributed by atoms with Gasteiger partial charge in [0, 0.05) is 19.2 Å². The van der Waals surface area contributed by atoms with Gasteiger partial charge >= 0.3 is 0 Å². The van der Waals surface area contributed by atoms with Gasteiger partial charge in [-0.05, 0) is 45.7 Å². The van der Waals surface area contributed by atoms with E-state index in [1.54, 1.807) is 16.6 Å². The maximum Gasteiger partial charge on any atom is 0.244 e. The molecule has 0 saturated heterocycles. The quantitative estimate of drug-likeness (QED) is 0.848. The summed E-state index contributed by atoms with van der Waals surface area (Å²) in [6.07, 6.45) is 0. The lowest BCUT2D eigenvalue weighted by Gasteiger charge is -2.21. The van der Waals surface area contributed by atoms with Crippen LogP contribution in [0.5, 0.6) is 0 Å². The molecule has 0 saturated carbocycles. The lowest BCUT2D eigenvalue weighted by atomic mass is 10.3. The van der Waals surface area contributed by atoms with Crippen molar-refractivity contribution in [1.82, 2.24) is 14.7 Å². The fourth-order valence-electron chi connectivity index (χ4n) is 1.00. The van der Waals surface area contributed by atoms with Crippen molar-refractivity contribution in [3.8, 4) is 0 Å². The predicted molar refractivity (Wildman–Crippen MR) is 65.5 cm³/mol. The summed E-state index contributed by atoms with van der Waals surface area (Å²) in [5.74, 6) is 0.0429. The van der Waals surface area contributed by atoms with Gasteiger partial charge in [0.2, 0.25) is 5.91 Å². The van der Waals surface area contributed by atoms with Gasteiger partial charge < -0.3 is 4.90 Å². The normalized spacial score (nSPS) is 10.8. The van der Waals surface area contributed by atoms with Crippen LogP contribution in [0.1, 0.15) is 13.8 Å². The van der Waals surface area contributed by atoms with Crippen molar-refractivity contribution in [3.63, 3.8) is 0 Å². The van der Waals surface area contributed by atoms with Crippen LogP contribution in [0.2, 0.25) is 0 Å². The molecule has 84 valence electrons. The average molecular weight is 339 g/mol. The molecule has 1 aromatic heterocycles. The Morgan fingerprint density at radius 3 is 2.60 bits per heavy atom. The fourth-order valence-corrected chi connectivity index (χ4v) is 2.14. The Labute approximate surface area is 106 Å². The highest BCUT2D eigenvalue weighted by Crippen LogP contribution is 2.16. The van der Waals surface area contributed by atoms with Crippen LogP contribution >= 0.6 is 31.9 Å². The molecular formula is C9H13Br2N3O. The second kappa shape index (κ2) is 5.12. The van der Waals surface area contributed by atoms with E-state index in [0.29, 0.717) is 0 Å². The second-order valence-corrected chi connectivity index (χ2v) is 5.17. The van der Waals surface area contributed by atoms with Crippen LogP contribution in [0.4, 0.5) is 0 Å². The van der Waals surface area contributed by atoms with Gasteiger partial charge in [0.05, 0.1) is 0 Å². The minimum atomic E-state index is 0.0429. The van der Waals surface area contributed by atoms with Gasteiger partial charge in [-0.15, -0.1) is 0 Å². The van der Waals surface area contributed by atoms with Crippen molar-refractivity contribution in [1.29, 1.82) is 0 Å². The van der Waals surface area contributed by atoms with E-state index in [-0.39, 0.29) is 18.5 Å². The number of hydrogen-bond donors (Lipinski definition) is 0. The zero-order valence-electron chi connectivity index (χ0n) is 8.87. The molecule has 0 bridgehead atoms. The summed E-state index contributed by atoms with van der Waals surface area (Å²) in [6, 6.07) is 2.01. The Bertz CT molecular complexity index is 362. The lowest BCUT2D eigenvalue weighted by Crippen LogP contribution is -2.35. The first-order valence-corrected chi connectivity index (χ1v) is 6.15. The molecule has 1 rings (SSSR count). The van der Waals surface area contributed by atoms with Crippen LogP contribution in [-0.4, -0.2) is 33.7 Å². The third-order valence-corrected chi connectivity index (χ3v) is 3.18. The molecule has 0 N–H and O–H groups in total. The molecule has 4 nitrogen and oxygen atoms in total. The summed E-state index contributed by atoms with van der Waals surface area (Å²) in [6.45, 7) is 4.21. The third kappa shape index (κ3) is 3.31. The Morgan fingerprint density at radius 2 is 2.20 bits per heavy atom. The van der Waals surface area contributed by atoms with Crippen molar-refractivity contribution in [2.24, 2.45) is 0 Å². The van der Waals surface area contributed by atoms with Crippen LogP contribution in [0.15, 0.2) is 15.3 Å². The Morgan fingerprint density at radius 1 is 1.60 bits per heavy atom. The number of carbonyl (C=O) groups excluding carboxylic acids is 1. The van der Waals surface area contributed by atoms with Crippen molar-refractivity contribution >= 4 is 37.8 Å². The smallest absolute Gasteiger partial charge is 0.244 e. The molecule has 0 atom stereocenters. The van der Waals surface area contributed by atoms with Crippen LogP contribution < -0.4 is 0 Å². The molecule has 0 aliphatic rings. The summed E-state index contributed by atoms with van der Waals surface area (Å²) < 4.78 is 3.12. The Balaban J connectivity index is 2.70. The van der Waals surface area contributed by atoms with Gasteiger partial charge in [-0.3, -0.25) is 4.79 Å². The molecule has 0 radical (unpaired) electrons. The molecule has 0 fully saturated rings. The fraction of sp³-hybridized carbons (Fsp3) is 0.556. The van der Waals surface area contributed by atoms with E-state index in [2.05, 4.69) is 37.0 Å². The van der Waals surface area contributed by atoms with Crippen LogP contribution in [0.25, 0.3) is 0 Å². The predicted octanol–water partition coefficient (Wildman–Crippen LogP) is 2.27. The zero-order chi connectivity index (χ0) is 11.6. The van der Waals surface area contributed by atoms with Crippen LogP contribution in [-0.2, 0) is 11.3 Å². The summed E-state index contributed by atoms with van der Waals surface area (Å²) in [7, 11) is 1.79. The van der Waals surface area contributed by atoms with Gasteiger partial charge in [0.15, 0.2) is 0 Å². The lowest BCUT2D eigenvalue weighted by molar-refractivity contribution is -0.132. The summed E-state index contributed by atoms with van der Waals surface area (Å²) in [5.41, 5.74) is 0. The third-order valence-electron chi connectivity index (χ3n) is 2.15. The van der Waals surface area contributed by atoms with Crippen molar-refractivity contribution in [3.05, 3.63) is 15.3 Å². The van der Waals surface area contributed by atoms with E-state index in [1.807, 2.05) is 19.9 Å². The van der Waals surface area contributed by atoms with Gasteiger partial charge in [-0.2, -0.15) is 5.10 Å². The SMILES string of the molecule is CC(C)N(C)C(=O)Cn1nc(Br)cc1Br. The highest BCUT2D eigenvalue weighted by atomic mass is 79.9. The summed E-state index contributed by atoms with van der Waals surface area (Å²) in [4.78, 5) is 13.4. The first-order chi connectivity index (χ1) is 6.91. The van der Waals surface area contributed by atoms with Gasteiger partial charge in [-0.25, -0.2) is 4.68 Å². The molecule has 0 aliphatic heterocycles. The minimum Gasteiger partial charge on any atom is -0.342 e. The second-order valence-electron chi connectivity index (χ2n) is 3.55. The number of carbonyl (C=O) groups is 1. The molecule has 1 aromatic rings. The Kier molecular flexibility index (Phi) is 4.33. The number of halogens is 2. The van der Waals surface area contributed by atoms with E-state index >= 15 is 0 Å². The maximum absolute atomic E-state index is 11.7. The minimum absolute atomic E-state index is 0.0429. The van der Waals surface area contributed by atoms with Crippen LogP contribution in [0.3, 0.4) is 0 Å². The summed E-state index contributed by atoms with van der Waals surface area (Å²) >= 11 is 6.58. The van der Waals surface area contributed by atoms with Gasteiger partial charge in [0.25, 0.3) is 0 Å². The van der Waals surface area contributed by atoms with Gasteiger partial charge in [-0.1, -0.05) is 0 Å². The molecule has 0 spiro atoms. The van der Waals surface area contributed by atoms with Crippen molar-refractivity contribution < 1.29 is 4.79 Å². The molecular weight excluding hydrogens is 326 g/mol. The largest absolute Gasteiger partial charge is 0.342 e. The molecule has 1 heterocycles. The first-order valence-electron chi connectivity index (χ1n) is 4.56. The number of aromatic nitrogens is 2. The first kappa shape index (κ1) is 12.7. The number of hydrogen-bond acceptors (Lipinski definition) is 2. The van der Waals surface area contributed by atoms with Crippen molar-refractivity contribution in [2.45, 2.75) is 26.4 Å². The van der Waals surface area contributed by atoms with E-state index in [1.165, 1.54) is 0 Å². The molecule has 0 aromatic carbocycles. The standard InChI is InChI=1S/C9H13Br2N3O/c1-6(2)13(3)9(15)5-14-8(11)4-7(10)12-14/h4,6H,5H2,1-3H3. The maximum atomic E-state index is 11.7. The average Bonchev–Trinajstić information content (AvgIpc) is 2.43. The van der Waals surface area contributed by atoms with E-state index in [9.17, 15) is 4.79 Å².